The molecule has 0 N–H and O–H groups in total. The Morgan fingerprint density at radius 1 is 0.351 bits per heavy atom. The van der Waals surface area contributed by atoms with Crippen LogP contribution in [0.4, 0.5) is 0 Å². The van der Waals surface area contributed by atoms with Gasteiger partial charge >= 0.3 is 0 Å². The molecule has 12 aromatic rings. The van der Waals surface area contributed by atoms with E-state index in [-0.39, 0.29) is 0 Å². The first-order valence-electron chi connectivity index (χ1n) is 19.0. The molecule has 0 unspecified atom stereocenters. The molecule has 0 aliphatic heterocycles. The molecule has 12 rings (SSSR count). The number of rotatable bonds is 5. The molecule has 0 amide bonds. The first-order valence-corrected chi connectivity index (χ1v) is 20.7. The Morgan fingerprint density at radius 3 is 1.53 bits per heavy atom. The second kappa shape index (κ2) is 12.8. The third-order valence-corrected chi connectivity index (χ3v) is 13.4. The number of hydrogen-bond donors (Lipinski definition) is 0. The van der Waals surface area contributed by atoms with Crippen LogP contribution in [0.2, 0.25) is 0 Å². The van der Waals surface area contributed by atoms with Crippen LogP contribution in [-0.4, -0.2) is 19.5 Å². The standard InChI is InChI=1S/C51H30N4S2/c1-3-13-31(14-4-1)49-52-50(32-15-5-2-6-16-32)54-51(53-49)34-26-28-39-38-27-25-33(29-45(38)56-46(39)30-34)35-19-12-24-44-47(35)40-20-11-23-43(48(40)57-44)55-41-21-9-7-17-36(41)37-18-8-10-22-42(37)55/h1-30H. The van der Waals surface area contributed by atoms with E-state index in [4.69, 9.17) is 15.0 Å². The number of nitrogens with zero attached hydrogens (tertiary/aromatic N) is 4. The van der Waals surface area contributed by atoms with Gasteiger partial charge < -0.3 is 4.57 Å². The summed E-state index contributed by atoms with van der Waals surface area (Å²) in [6, 6.07) is 64.9. The maximum atomic E-state index is 5.00. The Morgan fingerprint density at radius 2 is 0.877 bits per heavy atom. The highest BCUT2D eigenvalue weighted by atomic mass is 32.1. The number of aromatic nitrogens is 4. The summed E-state index contributed by atoms with van der Waals surface area (Å²) < 4.78 is 7.50. The predicted octanol–water partition coefficient (Wildman–Crippen LogP) is 14.4. The van der Waals surface area contributed by atoms with Crippen LogP contribution in [0.1, 0.15) is 0 Å². The molecular weight excluding hydrogens is 733 g/mol. The minimum atomic E-state index is 0.665. The summed E-state index contributed by atoms with van der Waals surface area (Å²) in [4.78, 5) is 14.9. The SMILES string of the molecule is c1ccc(-c2nc(-c3ccccc3)nc(-c3ccc4c(c3)sc3cc(-c5cccc6sc7c(-n8c9ccccc9c9ccccc98)cccc7c56)ccc34)n2)cc1. The average Bonchev–Trinajstić information content (AvgIpc) is 3.96. The van der Waals surface area contributed by atoms with Gasteiger partial charge in [0.1, 0.15) is 0 Å². The molecule has 0 radical (unpaired) electrons. The fourth-order valence-corrected chi connectivity index (χ4v) is 10.9. The zero-order valence-electron chi connectivity index (χ0n) is 30.4. The zero-order chi connectivity index (χ0) is 37.5. The van der Waals surface area contributed by atoms with Crippen molar-refractivity contribution >= 4 is 84.8 Å². The van der Waals surface area contributed by atoms with Crippen molar-refractivity contribution in [1.29, 1.82) is 0 Å². The van der Waals surface area contributed by atoms with E-state index < -0.39 is 0 Å². The van der Waals surface area contributed by atoms with E-state index in [1.165, 1.54) is 79.0 Å². The molecule has 6 heteroatoms. The highest BCUT2D eigenvalue weighted by Gasteiger charge is 2.19. The Hall–Kier alpha value is -6.99. The van der Waals surface area contributed by atoms with Crippen molar-refractivity contribution in [2.45, 2.75) is 0 Å². The minimum Gasteiger partial charge on any atom is -0.308 e. The van der Waals surface area contributed by atoms with Gasteiger partial charge in [-0.05, 0) is 47.5 Å². The lowest BCUT2D eigenvalue weighted by Crippen LogP contribution is -1.99. The summed E-state index contributed by atoms with van der Waals surface area (Å²) >= 11 is 3.71. The van der Waals surface area contributed by atoms with Gasteiger partial charge in [0.15, 0.2) is 17.5 Å². The number of fused-ring (bicyclic) bond motifs is 9. The van der Waals surface area contributed by atoms with Crippen LogP contribution in [0, 0.1) is 0 Å². The number of benzene rings is 8. The highest BCUT2D eigenvalue weighted by molar-refractivity contribution is 7.26. The lowest BCUT2D eigenvalue weighted by Gasteiger charge is -2.10. The molecule has 4 nitrogen and oxygen atoms in total. The quantitative estimate of drug-likeness (QED) is 0.175. The van der Waals surface area contributed by atoms with Crippen molar-refractivity contribution in [1.82, 2.24) is 19.5 Å². The van der Waals surface area contributed by atoms with E-state index in [1.54, 1.807) is 0 Å². The van der Waals surface area contributed by atoms with Crippen molar-refractivity contribution < 1.29 is 0 Å². The molecule has 0 saturated heterocycles. The zero-order valence-corrected chi connectivity index (χ0v) is 32.1. The van der Waals surface area contributed by atoms with Gasteiger partial charge in [0.05, 0.1) is 21.4 Å². The summed E-state index contributed by atoms with van der Waals surface area (Å²) in [6.07, 6.45) is 0. The molecule has 0 saturated carbocycles. The monoisotopic (exact) mass is 762 g/mol. The van der Waals surface area contributed by atoms with Crippen molar-refractivity contribution in [2.24, 2.45) is 0 Å². The van der Waals surface area contributed by atoms with Crippen LogP contribution in [0.25, 0.3) is 113 Å². The summed E-state index contributed by atoms with van der Waals surface area (Å²) in [6.45, 7) is 0. The van der Waals surface area contributed by atoms with E-state index >= 15 is 0 Å². The predicted molar refractivity (Wildman–Crippen MR) is 242 cm³/mol. The van der Waals surface area contributed by atoms with Crippen molar-refractivity contribution in [3.63, 3.8) is 0 Å². The molecular formula is C51H30N4S2. The van der Waals surface area contributed by atoms with Crippen molar-refractivity contribution in [2.75, 3.05) is 0 Å². The first kappa shape index (κ1) is 32.3. The number of thiophene rings is 2. The lowest BCUT2D eigenvalue weighted by molar-refractivity contribution is 1.07. The van der Waals surface area contributed by atoms with E-state index in [0.717, 1.165) is 16.7 Å². The summed E-state index contributed by atoms with van der Waals surface area (Å²) in [5.74, 6) is 2.00. The molecule has 0 bridgehead atoms. The molecule has 0 atom stereocenters. The molecule has 266 valence electrons. The van der Waals surface area contributed by atoms with Crippen LogP contribution >= 0.6 is 22.7 Å². The lowest BCUT2D eigenvalue weighted by atomic mass is 9.98. The smallest absolute Gasteiger partial charge is 0.164 e. The van der Waals surface area contributed by atoms with Gasteiger partial charge in [-0.2, -0.15) is 0 Å². The highest BCUT2D eigenvalue weighted by Crippen LogP contribution is 2.45. The van der Waals surface area contributed by atoms with Gasteiger partial charge in [0.25, 0.3) is 0 Å². The van der Waals surface area contributed by atoms with E-state index in [9.17, 15) is 0 Å². The maximum Gasteiger partial charge on any atom is 0.164 e. The molecule has 8 aromatic carbocycles. The normalized spacial score (nSPS) is 11.9. The number of hydrogen-bond acceptors (Lipinski definition) is 5. The molecule has 57 heavy (non-hydrogen) atoms. The summed E-state index contributed by atoms with van der Waals surface area (Å²) in [7, 11) is 0. The molecule has 4 aromatic heterocycles. The Bertz CT molecular complexity index is 3410. The molecule has 0 fully saturated rings. The number of para-hydroxylation sites is 2. The summed E-state index contributed by atoms with van der Waals surface area (Å²) in [5.41, 5.74) is 9.05. The van der Waals surface area contributed by atoms with Crippen LogP contribution in [0.5, 0.6) is 0 Å². The van der Waals surface area contributed by atoms with E-state index in [1.807, 2.05) is 83.3 Å². The van der Waals surface area contributed by atoms with E-state index in [0.29, 0.717) is 17.5 Å². The van der Waals surface area contributed by atoms with Crippen LogP contribution in [0.15, 0.2) is 182 Å². The van der Waals surface area contributed by atoms with Gasteiger partial charge in [0, 0.05) is 63.1 Å². The summed E-state index contributed by atoms with van der Waals surface area (Å²) in [5, 5.41) is 7.64. The van der Waals surface area contributed by atoms with Gasteiger partial charge in [0.2, 0.25) is 0 Å². The van der Waals surface area contributed by atoms with Crippen LogP contribution < -0.4 is 0 Å². The van der Waals surface area contributed by atoms with Crippen molar-refractivity contribution in [3.05, 3.63) is 182 Å². The van der Waals surface area contributed by atoms with Crippen molar-refractivity contribution in [3.8, 4) is 51.0 Å². The Labute approximate surface area is 335 Å². The molecule has 0 aliphatic rings. The van der Waals surface area contributed by atoms with E-state index in [2.05, 4.69) is 126 Å². The van der Waals surface area contributed by atoms with Gasteiger partial charge in [-0.25, -0.2) is 15.0 Å². The van der Waals surface area contributed by atoms with Gasteiger partial charge in [-0.1, -0.05) is 146 Å². The molecule has 0 spiro atoms. The first-order chi connectivity index (χ1) is 28.2. The molecule has 0 aliphatic carbocycles. The fourth-order valence-electron chi connectivity index (χ4n) is 8.45. The molecule has 4 heterocycles. The largest absolute Gasteiger partial charge is 0.308 e. The average molecular weight is 763 g/mol. The third-order valence-electron chi connectivity index (χ3n) is 11.1. The van der Waals surface area contributed by atoms with Gasteiger partial charge in [-0.3, -0.25) is 0 Å². The second-order valence-electron chi connectivity index (χ2n) is 14.4. The minimum absolute atomic E-state index is 0.665. The fraction of sp³-hybridized carbons (Fsp3) is 0. The topological polar surface area (TPSA) is 43.6 Å². The van der Waals surface area contributed by atoms with Crippen LogP contribution in [0.3, 0.4) is 0 Å². The Kier molecular flexibility index (Phi) is 7.24. The van der Waals surface area contributed by atoms with Crippen LogP contribution in [-0.2, 0) is 0 Å². The second-order valence-corrected chi connectivity index (χ2v) is 16.5. The van der Waals surface area contributed by atoms with Gasteiger partial charge in [-0.15, -0.1) is 22.7 Å². The maximum absolute atomic E-state index is 5.00. The Balaban J connectivity index is 0.987. The third kappa shape index (κ3) is 5.15.